The molecule has 29 heavy (non-hydrogen) atoms. The number of rotatable bonds is 9. The van der Waals surface area contributed by atoms with Crippen LogP contribution < -0.4 is 29.6 Å². The summed E-state index contributed by atoms with van der Waals surface area (Å²) in [5, 5.41) is 6.61. The maximum Gasteiger partial charge on any atom is 0.191 e. The molecule has 7 nitrogen and oxygen atoms in total. The first-order chi connectivity index (χ1) is 13.7. The van der Waals surface area contributed by atoms with E-state index in [1.807, 2.05) is 30.3 Å². The standard InChI is InChI=1S/C21H29N3O4.HI/c1-22-21(23-11-10-15-8-6-7-9-18(15)26-3)24-14-17-19(27-4)12-16(25-2)13-20(17)28-5;/h6-9,12-13H,10-11,14H2,1-5H3,(H2,22,23,24);1H. The quantitative estimate of drug-likeness (QED) is 0.304. The molecule has 160 valence electrons. The molecule has 2 N–H and O–H groups in total. The average molecular weight is 515 g/mol. The molecule has 0 aliphatic carbocycles. The molecule has 0 amide bonds. The zero-order valence-corrected chi connectivity index (χ0v) is 19.9. The predicted octanol–water partition coefficient (Wildman–Crippen LogP) is 3.25. The highest BCUT2D eigenvalue weighted by atomic mass is 127. The van der Waals surface area contributed by atoms with Crippen LogP contribution in [0.3, 0.4) is 0 Å². The number of para-hydroxylation sites is 1. The van der Waals surface area contributed by atoms with Crippen molar-refractivity contribution in [2.75, 3.05) is 42.0 Å². The van der Waals surface area contributed by atoms with Gasteiger partial charge in [-0.15, -0.1) is 24.0 Å². The summed E-state index contributed by atoms with van der Waals surface area (Å²) in [7, 11) is 8.28. The Morgan fingerprint density at radius 3 is 2.03 bits per heavy atom. The molecule has 2 rings (SSSR count). The summed E-state index contributed by atoms with van der Waals surface area (Å²) in [5.41, 5.74) is 2.03. The molecule has 0 heterocycles. The van der Waals surface area contributed by atoms with Gasteiger partial charge in [-0.2, -0.15) is 0 Å². The van der Waals surface area contributed by atoms with E-state index in [2.05, 4.69) is 21.7 Å². The number of nitrogens with zero attached hydrogens (tertiary/aromatic N) is 1. The summed E-state index contributed by atoms with van der Waals surface area (Å²) in [4.78, 5) is 4.28. The van der Waals surface area contributed by atoms with Gasteiger partial charge in [-0.1, -0.05) is 18.2 Å². The van der Waals surface area contributed by atoms with Gasteiger partial charge in [-0.3, -0.25) is 4.99 Å². The van der Waals surface area contributed by atoms with Gasteiger partial charge in [0.15, 0.2) is 5.96 Å². The fraction of sp³-hybridized carbons (Fsp3) is 0.381. The van der Waals surface area contributed by atoms with Crippen LogP contribution in [-0.4, -0.2) is 48.0 Å². The van der Waals surface area contributed by atoms with E-state index in [9.17, 15) is 0 Å². The van der Waals surface area contributed by atoms with E-state index in [-0.39, 0.29) is 24.0 Å². The Morgan fingerprint density at radius 2 is 1.48 bits per heavy atom. The summed E-state index contributed by atoms with van der Waals surface area (Å²) >= 11 is 0. The van der Waals surface area contributed by atoms with Crippen molar-refractivity contribution in [3.63, 3.8) is 0 Å². The molecule has 0 atom stereocenters. The third-order valence-corrected chi connectivity index (χ3v) is 4.35. The molecule has 0 unspecified atom stereocenters. The third kappa shape index (κ3) is 6.88. The van der Waals surface area contributed by atoms with Crippen LogP contribution in [0.1, 0.15) is 11.1 Å². The van der Waals surface area contributed by atoms with Gasteiger partial charge >= 0.3 is 0 Å². The molecule has 0 aromatic heterocycles. The van der Waals surface area contributed by atoms with Crippen molar-refractivity contribution >= 4 is 29.9 Å². The molecule has 0 bridgehead atoms. The summed E-state index contributed by atoms with van der Waals surface area (Å²) < 4.78 is 21.7. The van der Waals surface area contributed by atoms with Crippen LogP contribution in [0.15, 0.2) is 41.4 Å². The van der Waals surface area contributed by atoms with Crippen molar-refractivity contribution in [2.24, 2.45) is 4.99 Å². The molecule has 0 spiro atoms. The van der Waals surface area contributed by atoms with Crippen molar-refractivity contribution in [3.8, 4) is 23.0 Å². The number of aliphatic imine (C=N–C) groups is 1. The van der Waals surface area contributed by atoms with Crippen LogP contribution in [-0.2, 0) is 13.0 Å². The van der Waals surface area contributed by atoms with Crippen LogP contribution in [0, 0.1) is 0 Å². The van der Waals surface area contributed by atoms with E-state index in [1.54, 1.807) is 35.5 Å². The van der Waals surface area contributed by atoms with E-state index < -0.39 is 0 Å². The fourth-order valence-corrected chi connectivity index (χ4v) is 2.87. The van der Waals surface area contributed by atoms with E-state index >= 15 is 0 Å². The van der Waals surface area contributed by atoms with Gasteiger partial charge in [0.2, 0.25) is 0 Å². The number of hydrogen-bond acceptors (Lipinski definition) is 5. The molecule has 0 aliphatic heterocycles. The first-order valence-electron chi connectivity index (χ1n) is 9.02. The number of hydrogen-bond donors (Lipinski definition) is 2. The smallest absolute Gasteiger partial charge is 0.191 e. The zero-order valence-electron chi connectivity index (χ0n) is 17.6. The van der Waals surface area contributed by atoms with Crippen LogP contribution in [0.2, 0.25) is 0 Å². The summed E-state index contributed by atoms with van der Waals surface area (Å²) in [6, 6.07) is 11.7. The number of guanidine groups is 1. The molecule has 0 saturated heterocycles. The lowest BCUT2D eigenvalue weighted by Gasteiger charge is -2.17. The third-order valence-electron chi connectivity index (χ3n) is 4.35. The predicted molar refractivity (Wildman–Crippen MR) is 126 cm³/mol. The van der Waals surface area contributed by atoms with Gasteiger partial charge in [-0.25, -0.2) is 0 Å². The maximum absolute atomic E-state index is 5.49. The Labute approximate surface area is 189 Å². The Hall–Kier alpha value is -2.36. The van der Waals surface area contributed by atoms with Gasteiger partial charge in [0.1, 0.15) is 23.0 Å². The number of methoxy groups -OCH3 is 4. The number of benzene rings is 2. The van der Waals surface area contributed by atoms with Gasteiger partial charge in [0.05, 0.1) is 40.5 Å². The van der Waals surface area contributed by atoms with Crippen molar-refractivity contribution in [2.45, 2.75) is 13.0 Å². The molecule has 2 aromatic rings. The second-order valence-electron chi connectivity index (χ2n) is 5.92. The summed E-state index contributed by atoms with van der Waals surface area (Å²) in [5.74, 6) is 3.63. The number of halogens is 1. The Morgan fingerprint density at radius 1 is 0.862 bits per heavy atom. The lowest BCUT2D eigenvalue weighted by atomic mass is 10.1. The maximum atomic E-state index is 5.49. The van der Waals surface area contributed by atoms with Crippen LogP contribution in [0.25, 0.3) is 0 Å². The van der Waals surface area contributed by atoms with Crippen molar-refractivity contribution in [1.29, 1.82) is 0 Å². The minimum atomic E-state index is 0. The molecule has 0 aliphatic rings. The van der Waals surface area contributed by atoms with Crippen LogP contribution in [0.5, 0.6) is 23.0 Å². The second kappa shape index (κ2) is 13.0. The highest BCUT2D eigenvalue weighted by Gasteiger charge is 2.13. The highest BCUT2D eigenvalue weighted by Crippen LogP contribution is 2.33. The first-order valence-corrected chi connectivity index (χ1v) is 9.02. The number of nitrogens with one attached hydrogen (secondary N) is 2. The average Bonchev–Trinajstić information content (AvgIpc) is 2.75. The molecule has 0 radical (unpaired) electrons. The lowest BCUT2D eigenvalue weighted by Crippen LogP contribution is -2.38. The molecular weight excluding hydrogens is 485 g/mol. The van der Waals surface area contributed by atoms with E-state index in [0.29, 0.717) is 29.8 Å². The van der Waals surface area contributed by atoms with Crippen LogP contribution >= 0.6 is 24.0 Å². The molecule has 2 aromatic carbocycles. The monoisotopic (exact) mass is 515 g/mol. The molecule has 0 fully saturated rings. The summed E-state index contributed by atoms with van der Waals surface area (Å²) in [6.07, 6.45) is 0.819. The number of ether oxygens (including phenoxy) is 4. The zero-order chi connectivity index (χ0) is 20.4. The first kappa shape index (κ1) is 24.7. The van der Waals surface area contributed by atoms with E-state index in [4.69, 9.17) is 18.9 Å². The van der Waals surface area contributed by atoms with Crippen molar-refractivity contribution < 1.29 is 18.9 Å². The normalized spacial score (nSPS) is 10.6. The van der Waals surface area contributed by atoms with Crippen molar-refractivity contribution in [3.05, 3.63) is 47.5 Å². The Balaban J connectivity index is 0.00000420. The molecular formula is C21H30IN3O4. The summed E-state index contributed by atoms with van der Waals surface area (Å²) in [6.45, 7) is 1.21. The highest BCUT2D eigenvalue weighted by molar-refractivity contribution is 14.0. The van der Waals surface area contributed by atoms with Gasteiger partial charge < -0.3 is 29.6 Å². The minimum absolute atomic E-state index is 0. The van der Waals surface area contributed by atoms with Crippen molar-refractivity contribution in [1.82, 2.24) is 10.6 Å². The topological polar surface area (TPSA) is 73.3 Å². The van der Waals surface area contributed by atoms with E-state index in [0.717, 1.165) is 29.8 Å². The Bertz CT molecular complexity index is 774. The lowest BCUT2D eigenvalue weighted by molar-refractivity contribution is 0.368. The van der Waals surface area contributed by atoms with Gasteiger partial charge in [0, 0.05) is 25.7 Å². The fourth-order valence-electron chi connectivity index (χ4n) is 2.87. The molecule has 8 heteroatoms. The Kier molecular flexibility index (Phi) is 11.0. The van der Waals surface area contributed by atoms with E-state index in [1.165, 1.54) is 0 Å². The van der Waals surface area contributed by atoms with Crippen LogP contribution in [0.4, 0.5) is 0 Å². The largest absolute Gasteiger partial charge is 0.496 e. The SMILES string of the molecule is CN=C(NCCc1ccccc1OC)NCc1c(OC)cc(OC)cc1OC.I. The van der Waals surface area contributed by atoms with Gasteiger partial charge in [0.25, 0.3) is 0 Å². The second-order valence-corrected chi connectivity index (χ2v) is 5.92. The van der Waals surface area contributed by atoms with Gasteiger partial charge in [-0.05, 0) is 18.1 Å². The molecule has 0 saturated carbocycles. The minimum Gasteiger partial charge on any atom is -0.496 e.